The number of rotatable bonds is 6. The Labute approximate surface area is 133 Å². The van der Waals surface area contributed by atoms with Crippen LogP contribution in [0.25, 0.3) is 0 Å². The number of ether oxygens (including phenoxy) is 1. The lowest BCUT2D eigenvalue weighted by molar-refractivity contribution is -0.132. The van der Waals surface area contributed by atoms with Crippen LogP contribution >= 0.6 is 0 Å². The minimum Gasteiger partial charge on any atom is -0.381 e. The molecular weight excluding hydrogens is 330 g/mol. The van der Waals surface area contributed by atoms with Gasteiger partial charge in [-0.15, -0.1) is 0 Å². The molecule has 0 saturated carbocycles. The highest BCUT2D eigenvalue weighted by Gasteiger charge is 2.39. The molecular formula is C14H18F2N2O4S. The summed E-state index contributed by atoms with van der Waals surface area (Å²) in [7, 11) is -4.03. The van der Waals surface area contributed by atoms with E-state index in [1.807, 2.05) is 0 Å². The van der Waals surface area contributed by atoms with Gasteiger partial charge in [-0.1, -0.05) is 6.07 Å². The van der Waals surface area contributed by atoms with Gasteiger partial charge in [-0.3, -0.25) is 4.79 Å². The minimum absolute atomic E-state index is 0.218. The maximum Gasteiger partial charge on any atom is 0.225 e. The molecule has 23 heavy (non-hydrogen) atoms. The van der Waals surface area contributed by atoms with Crippen LogP contribution in [-0.2, 0) is 25.3 Å². The number of hydrogen-bond donors (Lipinski definition) is 2. The highest BCUT2D eigenvalue weighted by Crippen LogP contribution is 2.29. The number of hydrogen-bond acceptors (Lipinski definition) is 4. The average molecular weight is 348 g/mol. The summed E-state index contributed by atoms with van der Waals surface area (Å²) >= 11 is 0. The summed E-state index contributed by atoms with van der Waals surface area (Å²) in [6.07, 6.45) is 0.581. The number of sulfonamides is 1. The molecule has 0 aromatic heterocycles. The van der Waals surface area contributed by atoms with Crippen molar-refractivity contribution in [3.8, 4) is 0 Å². The van der Waals surface area contributed by atoms with Crippen LogP contribution in [0.1, 0.15) is 18.4 Å². The standard InChI is InChI=1S/C14H18F2N2O4S/c15-11-2-1-3-12(16)10(11)8-23(20,21)18-9-14(13(17)19)4-6-22-7-5-14/h1-3,18H,4-9H2,(H2,17,19). The molecule has 6 nitrogen and oxygen atoms in total. The van der Waals surface area contributed by atoms with Gasteiger partial charge >= 0.3 is 0 Å². The van der Waals surface area contributed by atoms with Crippen LogP contribution in [0, 0.1) is 17.0 Å². The van der Waals surface area contributed by atoms with E-state index in [1.165, 1.54) is 0 Å². The lowest BCUT2D eigenvalue weighted by Crippen LogP contribution is -2.49. The maximum absolute atomic E-state index is 13.6. The van der Waals surface area contributed by atoms with E-state index in [0.717, 1.165) is 18.2 Å². The van der Waals surface area contributed by atoms with Crippen molar-refractivity contribution in [2.24, 2.45) is 11.1 Å². The fourth-order valence-corrected chi connectivity index (χ4v) is 3.69. The largest absolute Gasteiger partial charge is 0.381 e. The molecule has 1 aliphatic heterocycles. The van der Waals surface area contributed by atoms with E-state index in [2.05, 4.69) is 4.72 Å². The SMILES string of the molecule is NC(=O)C1(CNS(=O)(=O)Cc2c(F)cccc2F)CCOCC1. The van der Waals surface area contributed by atoms with Crippen LogP contribution in [0.4, 0.5) is 8.78 Å². The zero-order valence-electron chi connectivity index (χ0n) is 12.3. The molecule has 0 radical (unpaired) electrons. The predicted octanol–water partition coefficient (Wildman–Crippen LogP) is 0.666. The number of amides is 1. The average Bonchev–Trinajstić information content (AvgIpc) is 2.50. The summed E-state index contributed by atoms with van der Waals surface area (Å²) < 4.78 is 58.7. The van der Waals surface area contributed by atoms with Gasteiger partial charge in [0.1, 0.15) is 11.6 Å². The van der Waals surface area contributed by atoms with Crippen molar-refractivity contribution >= 4 is 15.9 Å². The Morgan fingerprint density at radius 3 is 2.35 bits per heavy atom. The Hall–Kier alpha value is -1.58. The number of benzene rings is 1. The van der Waals surface area contributed by atoms with Gasteiger partial charge in [-0.25, -0.2) is 21.9 Å². The molecule has 1 fully saturated rings. The first-order valence-corrected chi connectivity index (χ1v) is 8.69. The van der Waals surface area contributed by atoms with E-state index >= 15 is 0 Å². The molecule has 1 heterocycles. The first kappa shape index (κ1) is 17.8. The molecule has 1 aliphatic rings. The first-order valence-electron chi connectivity index (χ1n) is 7.04. The number of nitrogens with two attached hydrogens (primary N) is 1. The summed E-state index contributed by atoms with van der Waals surface area (Å²) in [5.41, 5.74) is 3.80. The Morgan fingerprint density at radius 1 is 1.26 bits per heavy atom. The molecule has 0 spiro atoms. The van der Waals surface area contributed by atoms with Crippen LogP contribution in [0.15, 0.2) is 18.2 Å². The topological polar surface area (TPSA) is 98.5 Å². The third-order valence-corrected chi connectivity index (χ3v) is 5.25. The molecule has 9 heteroatoms. The normalized spacial score (nSPS) is 17.8. The quantitative estimate of drug-likeness (QED) is 0.789. The second-order valence-corrected chi connectivity index (χ2v) is 7.34. The third kappa shape index (κ3) is 4.24. The van der Waals surface area contributed by atoms with Crippen molar-refractivity contribution < 1.29 is 26.7 Å². The molecule has 0 unspecified atom stereocenters. The molecule has 3 N–H and O–H groups in total. The van der Waals surface area contributed by atoms with Gasteiger partial charge in [0.2, 0.25) is 15.9 Å². The van der Waals surface area contributed by atoms with E-state index in [9.17, 15) is 22.0 Å². The fraction of sp³-hybridized carbons (Fsp3) is 0.500. The zero-order valence-corrected chi connectivity index (χ0v) is 13.2. The molecule has 0 aliphatic carbocycles. The zero-order chi connectivity index (χ0) is 17.1. The first-order chi connectivity index (χ1) is 10.8. The third-order valence-electron chi connectivity index (χ3n) is 4.00. The Kier molecular flexibility index (Phi) is 5.33. The number of primary amides is 1. The second-order valence-electron chi connectivity index (χ2n) is 5.54. The number of halogens is 2. The molecule has 0 bridgehead atoms. The van der Waals surface area contributed by atoms with Crippen molar-refractivity contribution in [3.05, 3.63) is 35.4 Å². The Balaban J connectivity index is 2.10. The summed E-state index contributed by atoms with van der Waals surface area (Å²) in [4.78, 5) is 11.7. The molecule has 1 aromatic carbocycles. The monoisotopic (exact) mass is 348 g/mol. The van der Waals surface area contributed by atoms with Gasteiger partial charge in [-0.05, 0) is 25.0 Å². The van der Waals surface area contributed by atoms with Crippen LogP contribution < -0.4 is 10.5 Å². The van der Waals surface area contributed by atoms with E-state index in [1.54, 1.807) is 0 Å². The van der Waals surface area contributed by atoms with Crippen molar-refractivity contribution in [1.82, 2.24) is 4.72 Å². The lowest BCUT2D eigenvalue weighted by atomic mass is 9.80. The minimum atomic E-state index is -4.03. The van der Waals surface area contributed by atoms with E-state index < -0.39 is 44.3 Å². The van der Waals surface area contributed by atoms with Gasteiger partial charge in [0.15, 0.2) is 0 Å². The van der Waals surface area contributed by atoms with Gasteiger partial charge in [0.25, 0.3) is 0 Å². The van der Waals surface area contributed by atoms with Gasteiger partial charge in [0.05, 0.1) is 11.2 Å². The maximum atomic E-state index is 13.6. The molecule has 1 saturated heterocycles. The fourth-order valence-electron chi connectivity index (χ4n) is 2.43. The van der Waals surface area contributed by atoms with Gasteiger partial charge in [0, 0.05) is 25.3 Å². The Bertz CT molecular complexity index is 668. The smallest absolute Gasteiger partial charge is 0.225 e. The number of carbonyl (C=O) groups is 1. The highest BCUT2D eigenvalue weighted by molar-refractivity contribution is 7.88. The van der Waals surface area contributed by atoms with Crippen LogP contribution in [0.2, 0.25) is 0 Å². The number of nitrogens with one attached hydrogen (secondary N) is 1. The second kappa shape index (κ2) is 6.90. The molecule has 1 aromatic rings. The Morgan fingerprint density at radius 2 is 1.83 bits per heavy atom. The summed E-state index contributed by atoms with van der Waals surface area (Å²) in [5.74, 6) is -3.35. The highest BCUT2D eigenvalue weighted by atomic mass is 32.2. The molecule has 128 valence electrons. The molecule has 1 amide bonds. The summed E-state index contributed by atoms with van der Waals surface area (Å²) in [5, 5.41) is 0. The van der Waals surface area contributed by atoms with Crippen LogP contribution in [0.3, 0.4) is 0 Å². The predicted molar refractivity (Wildman–Crippen MR) is 78.7 cm³/mol. The van der Waals surface area contributed by atoms with Gasteiger partial charge < -0.3 is 10.5 Å². The van der Waals surface area contributed by atoms with Crippen molar-refractivity contribution in [1.29, 1.82) is 0 Å². The van der Waals surface area contributed by atoms with Crippen molar-refractivity contribution in [2.45, 2.75) is 18.6 Å². The van der Waals surface area contributed by atoms with Crippen LogP contribution in [-0.4, -0.2) is 34.1 Å². The lowest BCUT2D eigenvalue weighted by Gasteiger charge is -2.34. The molecule has 2 rings (SSSR count). The molecule has 0 atom stereocenters. The van der Waals surface area contributed by atoms with E-state index in [4.69, 9.17) is 10.5 Å². The van der Waals surface area contributed by atoms with Crippen molar-refractivity contribution in [3.63, 3.8) is 0 Å². The van der Waals surface area contributed by atoms with E-state index in [0.29, 0.717) is 26.1 Å². The van der Waals surface area contributed by atoms with Crippen molar-refractivity contribution in [2.75, 3.05) is 19.8 Å². The van der Waals surface area contributed by atoms with E-state index in [-0.39, 0.29) is 6.54 Å². The van der Waals surface area contributed by atoms with Gasteiger partial charge in [-0.2, -0.15) is 0 Å². The summed E-state index contributed by atoms with van der Waals surface area (Å²) in [6, 6.07) is 3.12. The number of carbonyl (C=O) groups excluding carboxylic acids is 1. The van der Waals surface area contributed by atoms with Crippen LogP contribution in [0.5, 0.6) is 0 Å². The summed E-state index contributed by atoms with van der Waals surface area (Å²) in [6.45, 7) is 0.378.